The molecular formula is C19H22ClNO3. The zero-order chi connectivity index (χ0) is 17.5. The first-order valence-corrected chi connectivity index (χ1v) is 8.27. The van der Waals surface area contributed by atoms with E-state index in [1.165, 1.54) is 0 Å². The van der Waals surface area contributed by atoms with Crippen molar-refractivity contribution in [3.05, 3.63) is 52.5 Å². The van der Waals surface area contributed by atoms with Crippen LogP contribution >= 0.6 is 11.6 Å². The van der Waals surface area contributed by atoms with Gasteiger partial charge < -0.3 is 14.8 Å². The van der Waals surface area contributed by atoms with Crippen LogP contribution in [-0.4, -0.2) is 19.6 Å². The lowest BCUT2D eigenvalue weighted by Gasteiger charge is -2.11. The molecule has 0 spiro atoms. The fourth-order valence-electron chi connectivity index (χ4n) is 2.29. The summed E-state index contributed by atoms with van der Waals surface area (Å²) >= 11 is 6.07. The van der Waals surface area contributed by atoms with Crippen molar-refractivity contribution >= 4 is 23.2 Å². The first kappa shape index (κ1) is 18.1. The Hall–Kier alpha value is -2.20. The number of amides is 1. The highest BCUT2D eigenvalue weighted by Gasteiger charge is 2.08. The predicted octanol–water partition coefficient (Wildman–Crippen LogP) is 4.63. The summed E-state index contributed by atoms with van der Waals surface area (Å²) in [5.74, 6) is 1.34. The fourth-order valence-corrected chi connectivity index (χ4v) is 2.47. The number of hydrogen-bond donors (Lipinski definition) is 1. The summed E-state index contributed by atoms with van der Waals surface area (Å²) in [6, 6.07) is 11.2. The molecule has 1 amide bonds. The first-order valence-electron chi connectivity index (χ1n) is 7.89. The molecule has 0 radical (unpaired) electrons. The molecule has 24 heavy (non-hydrogen) atoms. The minimum atomic E-state index is -0.0530. The Balaban J connectivity index is 1.94. The van der Waals surface area contributed by atoms with Gasteiger partial charge in [0.25, 0.3) is 0 Å². The van der Waals surface area contributed by atoms with Crippen LogP contribution in [0.25, 0.3) is 0 Å². The SMILES string of the molecule is CCOc1ccc(CCC(=O)Nc2ccc(C)c(Cl)c2)cc1OC. The van der Waals surface area contributed by atoms with Crippen LogP contribution in [0.5, 0.6) is 11.5 Å². The maximum atomic E-state index is 12.1. The largest absolute Gasteiger partial charge is 0.493 e. The molecule has 1 N–H and O–H groups in total. The standard InChI is InChI=1S/C19H22ClNO3/c1-4-24-17-9-6-14(11-18(17)23-3)7-10-19(22)21-15-8-5-13(2)16(20)12-15/h5-6,8-9,11-12H,4,7,10H2,1-3H3,(H,21,22). The van der Waals surface area contributed by atoms with Crippen LogP contribution in [0.3, 0.4) is 0 Å². The molecule has 2 aromatic rings. The van der Waals surface area contributed by atoms with E-state index < -0.39 is 0 Å². The molecule has 0 aromatic heterocycles. The van der Waals surface area contributed by atoms with Gasteiger partial charge in [0.05, 0.1) is 13.7 Å². The van der Waals surface area contributed by atoms with E-state index in [1.807, 2.05) is 44.2 Å². The Morgan fingerprint density at radius 3 is 2.62 bits per heavy atom. The summed E-state index contributed by atoms with van der Waals surface area (Å²) in [6.07, 6.45) is 0.997. The number of halogens is 1. The average Bonchev–Trinajstić information content (AvgIpc) is 2.57. The van der Waals surface area contributed by atoms with Gasteiger partial charge in [-0.3, -0.25) is 4.79 Å². The second-order valence-corrected chi connectivity index (χ2v) is 5.84. The Bertz CT molecular complexity index is 716. The predicted molar refractivity (Wildman–Crippen MR) is 97.3 cm³/mol. The van der Waals surface area contributed by atoms with Crippen molar-refractivity contribution in [3.8, 4) is 11.5 Å². The molecular weight excluding hydrogens is 326 g/mol. The van der Waals surface area contributed by atoms with Gasteiger partial charge in [0.2, 0.25) is 5.91 Å². The molecule has 0 bridgehead atoms. The van der Waals surface area contributed by atoms with Crippen molar-refractivity contribution in [2.45, 2.75) is 26.7 Å². The lowest BCUT2D eigenvalue weighted by molar-refractivity contribution is -0.116. The van der Waals surface area contributed by atoms with Crippen molar-refractivity contribution in [2.75, 3.05) is 19.0 Å². The number of ether oxygens (including phenoxy) is 2. The number of hydrogen-bond acceptors (Lipinski definition) is 3. The van der Waals surface area contributed by atoms with E-state index in [-0.39, 0.29) is 5.91 Å². The van der Waals surface area contributed by atoms with E-state index in [2.05, 4.69) is 5.32 Å². The highest BCUT2D eigenvalue weighted by atomic mass is 35.5. The lowest BCUT2D eigenvalue weighted by atomic mass is 10.1. The highest BCUT2D eigenvalue weighted by Crippen LogP contribution is 2.28. The highest BCUT2D eigenvalue weighted by molar-refractivity contribution is 6.31. The number of aryl methyl sites for hydroxylation is 2. The number of nitrogens with one attached hydrogen (secondary N) is 1. The third-order valence-corrected chi connectivity index (χ3v) is 4.03. The van der Waals surface area contributed by atoms with Crippen LogP contribution in [0.1, 0.15) is 24.5 Å². The smallest absolute Gasteiger partial charge is 0.224 e. The first-order chi connectivity index (χ1) is 11.5. The molecule has 0 saturated carbocycles. The molecule has 2 aromatic carbocycles. The Morgan fingerprint density at radius 1 is 1.17 bits per heavy atom. The second kappa shape index (κ2) is 8.60. The van der Waals surface area contributed by atoms with E-state index >= 15 is 0 Å². The average molecular weight is 348 g/mol. The number of rotatable bonds is 7. The molecule has 128 valence electrons. The van der Waals surface area contributed by atoms with Gasteiger partial charge in [-0.1, -0.05) is 23.7 Å². The molecule has 0 aliphatic carbocycles. The Kier molecular flexibility index (Phi) is 6.50. The molecule has 0 atom stereocenters. The van der Waals surface area contributed by atoms with Gasteiger partial charge >= 0.3 is 0 Å². The number of carbonyl (C=O) groups is 1. The molecule has 0 aliphatic rings. The van der Waals surface area contributed by atoms with E-state index in [0.29, 0.717) is 41.7 Å². The van der Waals surface area contributed by atoms with Crippen LogP contribution in [0.2, 0.25) is 5.02 Å². The van der Waals surface area contributed by atoms with Crippen LogP contribution in [0.15, 0.2) is 36.4 Å². The van der Waals surface area contributed by atoms with Crippen LogP contribution in [-0.2, 0) is 11.2 Å². The zero-order valence-corrected chi connectivity index (χ0v) is 14.9. The normalized spacial score (nSPS) is 10.3. The van der Waals surface area contributed by atoms with Crippen molar-refractivity contribution in [1.82, 2.24) is 0 Å². The van der Waals surface area contributed by atoms with Gasteiger partial charge in [-0.25, -0.2) is 0 Å². The Labute approximate surface area is 147 Å². The number of carbonyl (C=O) groups excluding carboxylic acids is 1. The number of benzene rings is 2. The maximum Gasteiger partial charge on any atom is 0.224 e. The number of methoxy groups -OCH3 is 1. The monoisotopic (exact) mass is 347 g/mol. The Morgan fingerprint density at radius 2 is 1.96 bits per heavy atom. The van der Waals surface area contributed by atoms with Crippen LogP contribution < -0.4 is 14.8 Å². The summed E-state index contributed by atoms with van der Waals surface area (Å²) in [7, 11) is 1.61. The van der Waals surface area contributed by atoms with Gasteiger partial charge in [0.15, 0.2) is 11.5 Å². The van der Waals surface area contributed by atoms with Crippen molar-refractivity contribution in [2.24, 2.45) is 0 Å². The summed E-state index contributed by atoms with van der Waals surface area (Å²) in [6.45, 7) is 4.43. The summed E-state index contributed by atoms with van der Waals surface area (Å²) in [5, 5.41) is 3.50. The summed E-state index contributed by atoms with van der Waals surface area (Å²) < 4.78 is 10.8. The quantitative estimate of drug-likeness (QED) is 0.794. The second-order valence-electron chi connectivity index (χ2n) is 5.43. The van der Waals surface area contributed by atoms with Gasteiger partial charge in [-0.2, -0.15) is 0 Å². The van der Waals surface area contributed by atoms with Crippen molar-refractivity contribution in [1.29, 1.82) is 0 Å². The topological polar surface area (TPSA) is 47.6 Å². The molecule has 0 heterocycles. The van der Waals surface area contributed by atoms with Gasteiger partial charge in [0.1, 0.15) is 0 Å². The fraction of sp³-hybridized carbons (Fsp3) is 0.316. The molecule has 4 nitrogen and oxygen atoms in total. The van der Waals surface area contributed by atoms with Crippen molar-refractivity contribution in [3.63, 3.8) is 0 Å². The molecule has 5 heteroatoms. The maximum absolute atomic E-state index is 12.1. The van der Waals surface area contributed by atoms with E-state index in [9.17, 15) is 4.79 Å². The van der Waals surface area contributed by atoms with E-state index in [4.69, 9.17) is 21.1 Å². The molecule has 0 fully saturated rings. The third-order valence-electron chi connectivity index (χ3n) is 3.62. The lowest BCUT2D eigenvalue weighted by Crippen LogP contribution is -2.12. The molecule has 0 unspecified atom stereocenters. The van der Waals surface area contributed by atoms with Crippen LogP contribution in [0.4, 0.5) is 5.69 Å². The third kappa shape index (κ3) is 4.90. The van der Waals surface area contributed by atoms with Gasteiger partial charge in [0, 0.05) is 17.1 Å². The summed E-state index contributed by atoms with van der Waals surface area (Å²) in [5.41, 5.74) is 2.71. The molecule has 2 rings (SSSR count). The molecule has 0 saturated heterocycles. The van der Waals surface area contributed by atoms with Gasteiger partial charge in [-0.15, -0.1) is 0 Å². The zero-order valence-electron chi connectivity index (χ0n) is 14.2. The minimum absolute atomic E-state index is 0.0530. The van der Waals surface area contributed by atoms with Gasteiger partial charge in [-0.05, 0) is 55.7 Å². The van der Waals surface area contributed by atoms with E-state index in [0.717, 1.165) is 11.1 Å². The molecule has 0 aliphatic heterocycles. The van der Waals surface area contributed by atoms with E-state index in [1.54, 1.807) is 13.2 Å². The summed E-state index contributed by atoms with van der Waals surface area (Å²) in [4.78, 5) is 12.1. The van der Waals surface area contributed by atoms with Crippen molar-refractivity contribution < 1.29 is 14.3 Å². The number of anilines is 1. The van der Waals surface area contributed by atoms with Crippen LogP contribution in [0, 0.1) is 6.92 Å². The minimum Gasteiger partial charge on any atom is -0.493 e.